The molecule has 1 aliphatic heterocycles. The number of rotatable bonds is 8. The molecular formula is C24H32N4O3. The largest absolute Gasteiger partial charge is 0.382 e. The number of hydrogen-bond donors (Lipinski definition) is 3. The maximum absolute atomic E-state index is 12.7. The highest BCUT2D eigenvalue weighted by Gasteiger charge is 2.31. The summed E-state index contributed by atoms with van der Waals surface area (Å²) in [5.74, 6) is -0.381. The fourth-order valence-electron chi connectivity index (χ4n) is 3.89. The minimum atomic E-state index is -1.26. The van der Waals surface area contributed by atoms with E-state index in [0.29, 0.717) is 39.0 Å². The minimum Gasteiger partial charge on any atom is -0.382 e. The van der Waals surface area contributed by atoms with E-state index in [9.17, 15) is 14.7 Å². The van der Waals surface area contributed by atoms with Crippen LogP contribution >= 0.6 is 0 Å². The first-order valence-corrected chi connectivity index (χ1v) is 10.8. The number of nitrogens with zero attached hydrogens (tertiary/aromatic N) is 2. The van der Waals surface area contributed by atoms with Crippen molar-refractivity contribution >= 4 is 11.8 Å². The summed E-state index contributed by atoms with van der Waals surface area (Å²) in [6.45, 7) is 1.63. The molecular weight excluding hydrogens is 392 g/mol. The van der Waals surface area contributed by atoms with E-state index in [1.807, 2.05) is 60.7 Å². The zero-order valence-corrected chi connectivity index (χ0v) is 17.8. The molecule has 1 aliphatic rings. The van der Waals surface area contributed by atoms with Gasteiger partial charge in [0.25, 0.3) is 5.91 Å². The van der Waals surface area contributed by atoms with E-state index >= 15 is 0 Å². The highest BCUT2D eigenvalue weighted by Crippen LogP contribution is 2.11. The number of aliphatic hydroxyl groups excluding tert-OH is 1. The number of benzene rings is 2. The number of carbonyl (C=O) groups is 2. The number of hydrogen-bond acceptors (Lipinski definition) is 5. The predicted molar refractivity (Wildman–Crippen MR) is 120 cm³/mol. The van der Waals surface area contributed by atoms with Gasteiger partial charge in [-0.2, -0.15) is 0 Å². The smallest absolute Gasteiger partial charge is 0.253 e. The molecule has 0 aliphatic carbocycles. The van der Waals surface area contributed by atoms with Crippen LogP contribution in [0, 0.1) is 0 Å². The lowest BCUT2D eigenvalue weighted by Gasteiger charge is -2.36. The Morgan fingerprint density at radius 3 is 1.84 bits per heavy atom. The van der Waals surface area contributed by atoms with Crippen LogP contribution in [0.2, 0.25) is 0 Å². The Morgan fingerprint density at radius 2 is 1.29 bits per heavy atom. The van der Waals surface area contributed by atoms with Crippen molar-refractivity contribution < 1.29 is 14.7 Å². The average Bonchev–Trinajstić information content (AvgIpc) is 2.79. The normalized spacial score (nSPS) is 17.1. The Morgan fingerprint density at radius 1 is 0.806 bits per heavy atom. The number of piperazine rings is 1. The third kappa shape index (κ3) is 6.62. The van der Waals surface area contributed by atoms with E-state index in [0.717, 1.165) is 11.1 Å². The molecule has 3 unspecified atom stereocenters. The van der Waals surface area contributed by atoms with E-state index in [1.165, 1.54) is 0 Å². The highest BCUT2D eigenvalue weighted by atomic mass is 16.3. The van der Waals surface area contributed by atoms with E-state index in [1.54, 1.807) is 9.80 Å². The maximum Gasteiger partial charge on any atom is 0.253 e. The molecule has 1 heterocycles. The topological polar surface area (TPSA) is 113 Å². The zero-order valence-electron chi connectivity index (χ0n) is 17.8. The van der Waals surface area contributed by atoms with E-state index in [-0.39, 0.29) is 24.3 Å². The van der Waals surface area contributed by atoms with Crippen molar-refractivity contribution in [3.8, 4) is 0 Å². The van der Waals surface area contributed by atoms with Gasteiger partial charge in [0, 0.05) is 44.7 Å². The third-order valence-corrected chi connectivity index (χ3v) is 5.69. The molecule has 0 saturated carbocycles. The maximum atomic E-state index is 12.7. The third-order valence-electron chi connectivity index (χ3n) is 5.69. The second-order valence-corrected chi connectivity index (χ2v) is 8.16. The molecule has 166 valence electrons. The van der Waals surface area contributed by atoms with Gasteiger partial charge in [-0.15, -0.1) is 0 Å². The first-order valence-electron chi connectivity index (χ1n) is 10.8. The zero-order chi connectivity index (χ0) is 22.2. The summed E-state index contributed by atoms with van der Waals surface area (Å²) in [6, 6.07) is 18.5. The molecule has 3 rings (SSSR count). The molecule has 0 spiro atoms. The molecule has 0 radical (unpaired) electrons. The standard InChI is InChI=1S/C24H32N4O3/c25-20(15-18-7-3-1-4-8-18)17-22(29)27-11-13-28(14-12-27)24(31)23(30)21(26)16-19-9-5-2-6-10-19/h1-10,20-21,23,30H,11-17,25-26H2. The number of amides is 2. The van der Waals surface area contributed by atoms with Gasteiger partial charge in [0.1, 0.15) is 6.10 Å². The van der Waals surface area contributed by atoms with Crippen molar-refractivity contribution in [2.45, 2.75) is 37.5 Å². The van der Waals surface area contributed by atoms with E-state index < -0.39 is 12.1 Å². The highest BCUT2D eigenvalue weighted by molar-refractivity contribution is 5.82. The van der Waals surface area contributed by atoms with Gasteiger partial charge < -0.3 is 26.4 Å². The molecule has 3 atom stereocenters. The molecule has 31 heavy (non-hydrogen) atoms. The molecule has 2 amide bonds. The monoisotopic (exact) mass is 424 g/mol. The van der Waals surface area contributed by atoms with E-state index in [4.69, 9.17) is 11.5 Å². The van der Waals surface area contributed by atoms with Crippen LogP contribution in [0.1, 0.15) is 17.5 Å². The average molecular weight is 425 g/mol. The van der Waals surface area contributed by atoms with Crippen LogP contribution in [-0.2, 0) is 22.4 Å². The quantitative estimate of drug-likeness (QED) is 0.573. The summed E-state index contributed by atoms with van der Waals surface area (Å²) < 4.78 is 0. The number of aliphatic hydroxyl groups is 1. The van der Waals surface area contributed by atoms with Crippen LogP contribution in [0.4, 0.5) is 0 Å². The molecule has 2 aromatic rings. The summed E-state index contributed by atoms with van der Waals surface area (Å²) in [5.41, 5.74) is 14.3. The summed E-state index contributed by atoms with van der Waals surface area (Å²) in [7, 11) is 0. The van der Waals surface area contributed by atoms with Gasteiger partial charge >= 0.3 is 0 Å². The SMILES string of the molecule is NC(CC(=O)N1CCN(C(=O)C(O)C(N)Cc2ccccc2)CC1)Cc1ccccc1. The predicted octanol–water partition coefficient (Wildman–Crippen LogP) is 0.548. The van der Waals surface area contributed by atoms with Crippen molar-refractivity contribution in [3.05, 3.63) is 71.8 Å². The fourth-order valence-corrected chi connectivity index (χ4v) is 3.89. The van der Waals surface area contributed by atoms with Gasteiger partial charge in [-0.1, -0.05) is 60.7 Å². The Labute approximate surface area is 183 Å². The first kappa shape index (κ1) is 22.9. The van der Waals surface area contributed by atoms with Crippen LogP contribution in [-0.4, -0.2) is 71.1 Å². The van der Waals surface area contributed by atoms with Crippen molar-refractivity contribution in [1.29, 1.82) is 0 Å². The molecule has 2 aromatic carbocycles. The fraction of sp³-hybridized carbons (Fsp3) is 0.417. The Balaban J connectivity index is 1.43. The van der Waals surface area contributed by atoms with Gasteiger partial charge in [-0.3, -0.25) is 9.59 Å². The van der Waals surface area contributed by atoms with Crippen molar-refractivity contribution in [2.24, 2.45) is 11.5 Å². The first-order chi connectivity index (χ1) is 14.9. The number of carbonyl (C=O) groups excluding carboxylic acids is 2. The lowest BCUT2D eigenvalue weighted by molar-refractivity contribution is -0.146. The van der Waals surface area contributed by atoms with Crippen molar-refractivity contribution in [2.75, 3.05) is 26.2 Å². The second-order valence-electron chi connectivity index (χ2n) is 8.16. The summed E-state index contributed by atoms with van der Waals surface area (Å²) in [5, 5.41) is 10.4. The van der Waals surface area contributed by atoms with Crippen LogP contribution in [0.5, 0.6) is 0 Å². The van der Waals surface area contributed by atoms with Gasteiger partial charge in [-0.25, -0.2) is 0 Å². The van der Waals surface area contributed by atoms with Gasteiger partial charge in [-0.05, 0) is 24.0 Å². The van der Waals surface area contributed by atoms with Gasteiger partial charge in [0.05, 0.1) is 0 Å². The molecule has 0 bridgehead atoms. The number of nitrogens with two attached hydrogens (primary N) is 2. The van der Waals surface area contributed by atoms with Crippen molar-refractivity contribution in [3.63, 3.8) is 0 Å². The van der Waals surface area contributed by atoms with Gasteiger partial charge in [0.2, 0.25) is 5.91 Å². The van der Waals surface area contributed by atoms with Crippen LogP contribution in [0.15, 0.2) is 60.7 Å². The Bertz CT molecular complexity index is 838. The lowest BCUT2D eigenvalue weighted by atomic mass is 10.0. The van der Waals surface area contributed by atoms with Crippen LogP contribution < -0.4 is 11.5 Å². The molecule has 7 nitrogen and oxygen atoms in total. The minimum absolute atomic E-state index is 0.00291. The Hall–Kier alpha value is -2.74. The second kappa shape index (κ2) is 11.0. The van der Waals surface area contributed by atoms with Crippen LogP contribution in [0.25, 0.3) is 0 Å². The van der Waals surface area contributed by atoms with Gasteiger partial charge in [0.15, 0.2) is 0 Å². The summed E-state index contributed by atoms with van der Waals surface area (Å²) in [6.07, 6.45) is 0.0804. The van der Waals surface area contributed by atoms with Crippen molar-refractivity contribution in [1.82, 2.24) is 9.80 Å². The molecule has 1 fully saturated rings. The Kier molecular flexibility index (Phi) is 8.17. The lowest BCUT2D eigenvalue weighted by Crippen LogP contribution is -2.56. The molecule has 1 saturated heterocycles. The molecule has 5 N–H and O–H groups in total. The summed E-state index contributed by atoms with van der Waals surface area (Å²) in [4.78, 5) is 28.6. The van der Waals surface area contributed by atoms with Crippen LogP contribution in [0.3, 0.4) is 0 Å². The molecule has 0 aromatic heterocycles. The summed E-state index contributed by atoms with van der Waals surface area (Å²) >= 11 is 0. The van der Waals surface area contributed by atoms with E-state index in [2.05, 4.69) is 0 Å². The molecule has 7 heteroatoms.